The van der Waals surface area contributed by atoms with E-state index in [4.69, 9.17) is 11.6 Å². The number of nitrogens with one attached hydrogen (secondary N) is 3. The maximum absolute atomic E-state index is 12.4. The molecule has 22 heteroatoms. The molecule has 0 fully saturated rings. The Labute approximate surface area is 326 Å². The summed E-state index contributed by atoms with van der Waals surface area (Å²) >= 11 is 5.91. The molecule has 1 heterocycles. The highest BCUT2D eigenvalue weighted by Crippen LogP contribution is 2.44. The summed E-state index contributed by atoms with van der Waals surface area (Å²) in [4.78, 5) is 9.84. The van der Waals surface area contributed by atoms with Crippen molar-refractivity contribution < 1.29 is 44.0 Å². The number of benzene rings is 5. The molecule has 0 unspecified atom stereocenters. The third kappa shape index (κ3) is 9.52. The van der Waals surface area contributed by atoms with E-state index in [1.165, 1.54) is 31.5 Å². The second-order valence-corrected chi connectivity index (χ2v) is 16.4. The van der Waals surface area contributed by atoms with Crippen LogP contribution in [0.3, 0.4) is 0 Å². The van der Waals surface area contributed by atoms with Crippen molar-refractivity contribution in [1.29, 1.82) is 0 Å². The lowest BCUT2D eigenvalue weighted by Crippen LogP contribution is -2.04. The molecular weight excluding hydrogens is 812 g/mol. The Morgan fingerprint density at radius 2 is 1.48 bits per heavy atom. The SMILES string of the molecule is CNCc1cccc(NC)c1.Cc1nc(Cl)nc(Nc2cc(S(=O)(=O)O)cc3cc(C)c(N=Nc4ccc5c(S(=O)(=O)O)cccc5c4S(=O)(=O)O)c(O)c23)n1. The van der Waals surface area contributed by atoms with Gasteiger partial charge in [0, 0.05) is 35.4 Å². The highest BCUT2D eigenvalue weighted by atomic mass is 35.5. The molecule has 1 aromatic heterocycles. The molecule has 0 saturated heterocycles. The van der Waals surface area contributed by atoms with Crippen molar-refractivity contribution in [3.63, 3.8) is 0 Å². The van der Waals surface area contributed by atoms with Crippen LogP contribution in [0.15, 0.2) is 97.7 Å². The van der Waals surface area contributed by atoms with Gasteiger partial charge >= 0.3 is 0 Å². The number of rotatable bonds is 10. The van der Waals surface area contributed by atoms with Gasteiger partial charge in [-0.05, 0) is 91.5 Å². The van der Waals surface area contributed by atoms with E-state index in [9.17, 15) is 44.0 Å². The summed E-state index contributed by atoms with van der Waals surface area (Å²) in [5.74, 6) is -0.503. The van der Waals surface area contributed by atoms with Crippen LogP contribution >= 0.6 is 11.6 Å². The largest absolute Gasteiger partial charge is 0.505 e. The molecular formula is C34H33ClN8O10S3. The topological polar surface area (TPSA) is 283 Å². The van der Waals surface area contributed by atoms with E-state index in [-0.39, 0.29) is 55.5 Å². The molecule has 0 amide bonds. The molecule has 6 aromatic rings. The van der Waals surface area contributed by atoms with E-state index >= 15 is 0 Å². The van der Waals surface area contributed by atoms with Crippen LogP contribution in [0.1, 0.15) is 17.0 Å². The van der Waals surface area contributed by atoms with Crippen LogP contribution in [0.2, 0.25) is 5.28 Å². The highest BCUT2D eigenvalue weighted by molar-refractivity contribution is 7.86. The van der Waals surface area contributed by atoms with Crippen LogP contribution in [0.5, 0.6) is 5.75 Å². The number of phenolic OH excluding ortho intramolecular Hbond substituents is 1. The number of nitrogens with zero attached hydrogens (tertiary/aromatic N) is 5. The van der Waals surface area contributed by atoms with Gasteiger partial charge < -0.3 is 21.1 Å². The van der Waals surface area contributed by atoms with E-state index in [0.29, 0.717) is 0 Å². The Hall–Kier alpha value is -5.39. The number of aryl methyl sites for hydroxylation is 2. The van der Waals surface area contributed by atoms with Gasteiger partial charge in [-0.15, -0.1) is 10.2 Å². The molecule has 0 bridgehead atoms. The average Bonchev–Trinajstić information content (AvgIpc) is 3.09. The molecule has 5 aromatic carbocycles. The Kier molecular flexibility index (Phi) is 12.2. The predicted octanol–water partition coefficient (Wildman–Crippen LogP) is 6.50. The van der Waals surface area contributed by atoms with Gasteiger partial charge in [-0.3, -0.25) is 13.7 Å². The van der Waals surface area contributed by atoms with Crippen LogP contribution in [-0.2, 0) is 36.9 Å². The average molecular weight is 845 g/mol. The van der Waals surface area contributed by atoms with Crippen LogP contribution < -0.4 is 16.0 Å². The van der Waals surface area contributed by atoms with Crippen molar-refractivity contribution in [3.05, 3.63) is 95.0 Å². The second kappa shape index (κ2) is 16.4. The van der Waals surface area contributed by atoms with Crippen molar-refractivity contribution in [3.8, 4) is 5.75 Å². The Morgan fingerprint density at radius 1 is 0.768 bits per heavy atom. The van der Waals surface area contributed by atoms with E-state index < -0.39 is 56.5 Å². The Bertz CT molecular complexity index is 2860. The second-order valence-electron chi connectivity index (χ2n) is 11.9. The third-order valence-corrected chi connectivity index (χ3v) is 10.8. The number of phenols is 1. The van der Waals surface area contributed by atoms with Crippen LogP contribution in [0, 0.1) is 13.8 Å². The summed E-state index contributed by atoms with van der Waals surface area (Å²) in [5.41, 5.74) is 1.90. The van der Waals surface area contributed by atoms with Crippen LogP contribution in [0.25, 0.3) is 21.5 Å². The zero-order valence-corrected chi connectivity index (χ0v) is 32.9. The molecule has 18 nitrogen and oxygen atoms in total. The van der Waals surface area contributed by atoms with Gasteiger partial charge in [0.1, 0.15) is 27.0 Å². The molecule has 0 radical (unpaired) electrons. The first kappa shape index (κ1) is 41.8. The molecule has 6 rings (SSSR count). The summed E-state index contributed by atoms with van der Waals surface area (Å²) in [5, 5.41) is 27.6. The van der Waals surface area contributed by atoms with Crippen molar-refractivity contribution in [2.45, 2.75) is 35.1 Å². The summed E-state index contributed by atoms with van der Waals surface area (Å²) in [7, 11) is -10.7. The molecule has 294 valence electrons. The lowest BCUT2D eigenvalue weighted by atomic mass is 10.0. The van der Waals surface area contributed by atoms with Gasteiger partial charge in [-0.2, -0.15) is 35.2 Å². The predicted molar refractivity (Wildman–Crippen MR) is 210 cm³/mol. The summed E-state index contributed by atoms with van der Waals surface area (Å²) in [6.45, 7) is 3.91. The normalized spacial score (nSPS) is 12.1. The molecule has 0 saturated carbocycles. The van der Waals surface area contributed by atoms with Crippen molar-refractivity contribution in [2.75, 3.05) is 24.7 Å². The lowest BCUT2D eigenvalue weighted by Gasteiger charge is -2.15. The number of azo groups is 1. The molecule has 7 N–H and O–H groups in total. The third-order valence-electron chi connectivity index (χ3n) is 7.95. The van der Waals surface area contributed by atoms with Crippen molar-refractivity contribution in [2.24, 2.45) is 10.2 Å². The molecule has 0 aliphatic rings. The minimum Gasteiger partial charge on any atom is -0.505 e. The smallest absolute Gasteiger partial charge is 0.297 e. The number of aromatic hydroxyl groups is 1. The number of hydrogen-bond donors (Lipinski definition) is 7. The van der Waals surface area contributed by atoms with Gasteiger partial charge in [0.05, 0.1) is 10.6 Å². The van der Waals surface area contributed by atoms with Crippen LogP contribution in [-0.4, -0.2) is 73.1 Å². The van der Waals surface area contributed by atoms with Gasteiger partial charge in [-0.1, -0.05) is 30.3 Å². The van der Waals surface area contributed by atoms with Crippen molar-refractivity contribution >= 4 is 92.2 Å². The van der Waals surface area contributed by atoms with Gasteiger partial charge in [0.2, 0.25) is 11.2 Å². The van der Waals surface area contributed by atoms with E-state index in [0.717, 1.165) is 48.6 Å². The monoisotopic (exact) mass is 844 g/mol. The number of hydrogen-bond acceptors (Lipinski definition) is 15. The van der Waals surface area contributed by atoms with Crippen molar-refractivity contribution in [1.82, 2.24) is 20.3 Å². The standard InChI is InChI=1S/C25H19ClN6O10S3.C9H14N2/c1-11-8-13-9-14(43(34,35)36)10-18(29-25-28-12(2)27-24(26)30-25)20(13)22(33)21(11)32-31-17-7-6-15-16(23(17)45(40,41)42)4-3-5-19(15)44(37,38)39;1-10-7-8-4-3-5-9(6-8)11-2/h3-10,33H,1-2H3,(H,34,35,36)(H,37,38,39)(H,40,41,42)(H,27,28,29,30);3-6,10-11H,7H2,1-2H3. The number of aromatic nitrogens is 3. The summed E-state index contributed by atoms with van der Waals surface area (Å²) in [6.07, 6.45) is 0. The molecule has 56 heavy (non-hydrogen) atoms. The maximum Gasteiger partial charge on any atom is 0.297 e. The first-order chi connectivity index (χ1) is 26.2. The fraction of sp³-hybridized carbons (Fsp3) is 0.147. The van der Waals surface area contributed by atoms with E-state index in [2.05, 4.69) is 65.4 Å². The first-order valence-corrected chi connectivity index (χ1v) is 20.7. The number of fused-ring (bicyclic) bond motifs is 2. The molecule has 0 aliphatic carbocycles. The summed E-state index contributed by atoms with van der Waals surface area (Å²) in [6, 6.07) is 17.4. The summed E-state index contributed by atoms with van der Waals surface area (Å²) < 4.78 is 102. The number of anilines is 3. The zero-order chi connectivity index (χ0) is 41.2. The minimum atomic E-state index is -5.06. The van der Waals surface area contributed by atoms with Gasteiger partial charge in [-0.25, -0.2) is 4.98 Å². The maximum atomic E-state index is 12.4. The Balaban J connectivity index is 0.000000470. The lowest BCUT2D eigenvalue weighted by molar-refractivity contribution is 0.480. The molecule has 0 atom stereocenters. The quantitative estimate of drug-likeness (QED) is 0.0572. The van der Waals surface area contributed by atoms with Gasteiger partial charge in [0.25, 0.3) is 30.4 Å². The van der Waals surface area contributed by atoms with Gasteiger partial charge in [0.15, 0.2) is 5.75 Å². The molecule has 0 spiro atoms. The van der Waals surface area contributed by atoms with Crippen LogP contribution in [0.4, 0.5) is 28.7 Å². The fourth-order valence-corrected chi connectivity index (χ4v) is 7.91. The highest BCUT2D eigenvalue weighted by Gasteiger charge is 2.25. The van der Waals surface area contributed by atoms with E-state index in [1.54, 1.807) is 0 Å². The molecule has 0 aliphatic heterocycles. The number of halogens is 1. The Morgan fingerprint density at radius 3 is 2.11 bits per heavy atom. The minimum absolute atomic E-state index is 0.0394. The zero-order valence-electron chi connectivity index (χ0n) is 29.7. The first-order valence-electron chi connectivity index (χ1n) is 16.0. The fourth-order valence-electron chi connectivity index (χ4n) is 5.63. The van der Waals surface area contributed by atoms with E-state index in [1.807, 2.05) is 14.1 Å².